The van der Waals surface area contributed by atoms with Gasteiger partial charge in [-0.2, -0.15) is 0 Å². The molecule has 1 heterocycles. The zero-order chi connectivity index (χ0) is 8.10. The van der Waals surface area contributed by atoms with Crippen LogP contribution in [0.15, 0.2) is 35.1 Å². The van der Waals surface area contributed by atoms with Crippen molar-refractivity contribution in [3.63, 3.8) is 0 Å². The van der Waals surface area contributed by atoms with Gasteiger partial charge in [0.2, 0.25) is 0 Å². The second-order valence-corrected chi connectivity index (χ2v) is 2.63. The predicted molar refractivity (Wildman–Crippen MR) is 45.2 cm³/mol. The fraction of sp³-hybridized carbons (Fsp3) is 0.333. The van der Waals surface area contributed by atoms with Crippen LogP contribution in [0.4, 0.5) is 0 Å². The first-order valence-corrected chi connectivity index (χ1v) is 3.64. The van der Waals surface area contributed by atoms with Crippen LogP contribution in [0.1, 0.15) is 5.76 Å². The van der Waals surface area contributed by atoms with E-state index in [1.165, 1.54) is 0 Å². The fourth-order valence-corrected chi connectivity index (χ4v) is 0.808. The summed E-state index contributed by atoms with van der Waals surface area (Å²) in [4.78, 5) is 2.00. The Morgan fingerprint density at radius 2 is 2.36 bits per heavy atom. The van der Waals surface area contributed by atoms with E-state index in [1.54, 1.807) is 6.26 Å². The van der Waals surface area contributed by atoms with Gasteiger partial charge < -0.3 is 9.32 Å². The van der Waals surface area contributed by atoms with Crippen LogP contribution in [-0.4, -0.2) is 19.0 Å². The molecule has 0 fully saturated rings. The summed E-state index contributed by atoms with van der Waals surface area (Å²) in [5.74, 6) is 1.00. The van der Waals surface area contributed by atoms with E-state index in [1.807, 2.05) is 37.3 Å². The van der Waals surface area contributed by atoms with Gasteiger partial charge in [-0.3, -0.25) is 0 Å². The Morgan fingerprint density at radius 3 is 2.91 bits per heavy atom. The maximum absolute atomic E-state index is 5.15. The molecule has 0 aromatic carbocycles. The van der Waals surface area contributed by atoms with Crippen LogP contribution in [0.5, 0.6) is 0 Å². The summed E-state index contributed by atoms with van der Waals surface area (Å²) in [7, 11) is 4.00. The minimum absolute atomic E-state index is 0.866. The van der Waals surface area contributed by atoms with Crippen LogP contribution < -0.4 is 0 Å². The summed E-state index contributed by atoms with van der Waals surface area (Å²) in [6.45, 7) is 0. The molecule has 0 saturated heterocycles. The van der Waals surface area contributed by atoms with E-state index in [0.717, 1.165) is 12.2 Å². The van der Waals surface area contributed by atoms with E-state index < -0.39 is 0 Å². The highest BCUT2D eigenvalue weighted by atomic mass is 16.3. The van der Waals surface area contributed by atoms with Crippen molar-refractivity contribution in [3.8, 4) is 0 Å². The summed E-state index contributed by atoms with van der Waals surface area (Å²) < 4.78 is 5.15. The lowest BCUT2D eigenvalue weighted by Crippen LogP contribution is -1.99. The zero-order valence-corrected chi connectivity index (χ0v) is 6.95. The second kappa shape index (κ2) is 3.86. The van der Waals surface area contributed by atoms with Gasteiger partial charge in [0, 0.05) is 20.5 Å². The Hall–Kier alpha value is -1.18. The summed E-state index contributed by atoms with van der Waals surface area (Å²) in [6, 6.07) is 3.87. The zero-order valence-electron chi connectivity index (χ0n) is 6.95. The average molecular weight is 151 g/mol. The lowest BCUT2D eigenvalue weighted by molar-refractivity contribution is 0.519. The maximum atomic E-state index is 5.15. The van der Waals surface area contributed by atoms with Gasteiger partial charge in [0.25, 0.3) is 0 Å². The van der Waals surface area contributed by atoms with Crippen LogP contribution in [0.2, 0.25) is 0 Å². The lowest BCUT2D eigenvalue weighted by Gasteiger charge is -2.01. The molecule has 1 rings (SSSR count). The molecule has 0 aliphatic heterocycles. The van der Waals surface area contributed by atoms with Crippen molar-refractivity contribution in [2.24, 2.45) is 0 Å². The first-order chi connectivity index (χ1) is 5.29. The molecule has 0 spiro atoms. The van der Waals surface area contributed by atoms with Crippen LogP contribution in [0.3, 0.4) is 0 Å². The molecule has 0 amide bonds. The third kappa shape index (κ3) is 2.94. The van der Waals surface area contributed by atoms with Gasteiger partial charge in [0.15, 0.2) is 0 Å². The molecule has 60 valence electrons. The first-order valence-electron chi connectivity index (χ1n) is 3.64. The lowest BCUT2D eigenvalue weighted by atomic mass is 10.3. The van der Waals surface area contributed by atoms with Gasteiger partial charge in [0.05, 0.1) is 6.26 Å². The van der Waals surface area contributed by atoms with E-state index in [0.29, 0.717) is 0 Å². The summed E-state index contributed by atoms with van der Waals surface area (Å²) in [5, 5.41) is 0. The molecule has 0 aliphatic carbocycles. The van der Waals surface area contributed by atoms with Crippen molar-refractivity contribution in [1.82, 2.24) is 4.90 Å². The normalized spacial score (nSPS) is 10.7. The summed E-state index contributed by atoms with van der Waals surface area (Å²) in [6.07, 6.45) is 6.64. The third-order valence-electron chi connectivity index (χ3n) is 1.30. The number of allylic oxidation sites excluding steroid dienone is 1. The Labute approximate surface area is 67.1 Å². The summed E-state index contributed by atoms with van der Waals surface area (Å²) in [5.41, 5.74) is 0. The van der Waals surface area contributed by atoms with Crippen LogP contribution in [0, 0.1) is 0 Å². The van der Waals surface area contributed by atoms with Crippen LogP contribution in [0.25, 0.3) is 0 Å². The quantitative estimate of drug-likeness (QED) is 0.656. The molecule has 0 radical (unpaired) electrons. The number of furan rings is 1. The molecule has 1 aromatic rings. The van der Waals surface area contributed by atoms with E-state index in [4.69, 9.17) is 4.42 Å². The Kier molecular flexibility index (Phi) is 2.78. The van der Waals surface area contributed by atoms with E-state index in [-0.39, 0.29) is 0 Å². The largest absolute Gasteiger partial charge is 0.469 e. The van der Waals surface area contributed by atoms with Gasteiger partial charge in [-0.25, -0.2) is 0 Å². The average Bonchev–Trinajstić information content (AvgIpc) is 2.39. The maximum Gasteiger partial charge on any atom is 0.107 e. The van der Waals surface area contributed by atoms with E-state index >= 15 is 0 Å². The third-order valence-corrected chi connectivity index (χ3v) is 1.30. The number of rotatable bonds is 3. The Bertz CT molecular complexity index is 211. The van der Waals surface area contributed by atoms with Crippen molar-refractivity contribution in [3.05, 3.63) is 36.4 Å². The molecule has 0 bridgehead atoms. The SMILES string of the molecule is CN(C)C=CCc1ccco1. The molecule has 0 unspecified atom stereocenters. The number of hydrogen-bond donors (Lipinski definition) is 0. The molecule has 11 heavy (non-hydrogen) atoms. The van der Waals surface area contributed by atoms with Crippen molar-refractivity contribution in [1.29, 1.82) is 0 Å². The Morgan fingerprint density at radius 1 is 1.55 bits per heavy atom. The molecule has 0 saturated carbocycles. The van der Waals surface area contributed by atoms with E-state index in [2.05, 4.69) is 6.08 Å². The standard InChI is InChI=1S/C9H13NO/c1-10(2)7-3-5-9-6-4-8-11-9/h3-4,6-8H,5H2,1-2H3. The van der Waals surface area contributed by atoms with Crippen molar-refractivity contribution < 1.29 is 4.42 Å². The Balaban J connectivity index is 2.34. The van der Waals surface area contributed by atoms with Crippen molar-refractivity contribution in [2.45, 2.75) is 6.42 Å². The first kappa shape index (κ1) is 7.92. The molecule has 0 N–H and O–H groups in total. The van der Waals surface area contributed by atoms with Gasteiger partial charge in [-0.1, -0.05) is 6.08 Å². The van der Waals surface area contributed by atoms with Gasteiger partial charge >= 0.3 is 0 Å². The van der Waals surface area contributed by atoms with Gasteiger partial charge in [0.1, 0.15) is 5.76 Å². The molecule has 2 nitrogen and oxygen atoms in total. The monoisotopic (exact) mass is 151 g/mol. The topological polar surface area (TPSA) is 16.4 Å². The van der Waals surface area contributed by atoms with Gasteiger partial charge in [-0.15, -0.1) is 0 Å². The highest BCUT2D eigenvalue weighted by molar-refractivity contribution is 5.03. The smallest absolute Gasteiger partial charge is 0.107 e. The highest BCUT2D eigenvalue weighted by Crippen LogP contribution is 2.01. The molecular weight excluding hydrogens is 138 g/mol. The van der Waals surface area contributed by atoms with Gasteiger partial charge in [-0.05, 0) is 18.3 Å². The number of nitrogens with zero attached hydrogens (tertiary/aromatic N) is 1. The predicted octanol–water partition coefficient (Wildman–Crippen LogP) is 1.90. The molecular formula is C9H13NO. The van der Waals surface area contributed by atoms with E-state index in [9.17, 15) is 0 Å². The molecule has 0 atom stereocenters. The van der Waals surface area contributed by atoms with Crippen molar-refractivity contribution in [2.75, 3.05) is 14.1 Å². The minimum Gasteiger partial charge on any atom is -0.469 e. The second-order valence-electron chi connectivity index (χ2n) is 2.63. The summed E-state index contributed by atoms with van der Waals surface area (Å²) >= 11 is 0. The number of hydrogen-bond acceptors (Lipinski definition) is 2. The fourth-order valence-electron chi connectivity index (χ4n) is 0.808. The van der Waals surface area contributed by atoms with Crippen LogP contribution >= 0.6 is 0 Å². The molecule has 2 heteroatoms. The molecule has 1 aromatic heterocycles. The van der Waals surface area contributed by atoms with Crippen molar-refractivity contribution >= 4 is 0 Å². The highest BCUT2D eigenvalue weighted by Gasteiger charge is 1.89. The molecule has 0 aliphatic rings. The van der Waals surface area contributed by atoms with Crippen LogP contribution in [-0.2, 0) is 6.42 Å². The minimum atomic E-state index is 0.866.